The molecule has 1 heterocycles. The minimum absolute atomic E-state index is 0.111. The molecule has 0 aliphatic rings. The lowest BCUT2D eigenvalue weighted by atomic mass is 10.3. The molecule has 2 aromatic rings. The monoisotopic (exact) mass is 372 g/mol. The van der Waals surface area contributed by atoms with E-state index < -0.39 is 10.0 Å². The van der Waals surface area contributed by atoms with Gasteiger partial charge in [0.15, 0.2) is 0 Å². The molecular formula is C11H13BrN6O2S. The number of nitrogens with two attached hydrogens (primary N) is 1. The highest BCUT2D eigenvalue weighted by Gasteiger charge is 2.17. The molecule has 0 bridgehead atoms. The van der Waals surface area contributed by atoms with Crippen LogP contribution < -0.4 is 21.3 Å². The first-order chi connectivity index (χ1) is 9.97. The van der Waals surface area contributed by atoms with Crippen molar-refractivity contribution in [2.75, 3.05) is 17.8 Å². The summed E-state index contributed by atoms with van der Waals surface area (Å²) in [5.41, 5.74) is 2.71. The summed E-state index contributed by atoms with van der Waals surface area (Å²) in [6, 6.07) is 6.48. The quantitative estimate of drug-likeness (QED) is 0.459. The van der Waals surface area contributed by atoms with E-state index >= 15 is 0 Å². The summed E-state index contributed by atoms with van der Waals surface area (Å²) < 4.78 is 26.8. The van der Waals surface area contributed by atoms with Gasteiger partial charge in [-0.3, -0.25) is 5.43 Å². The van der Waals surface area contributed by atoms with Crippen LogP contribution in [0.3, 0.4) is 0 Å². The highest BCUT2D eigenvalue weighted by atomic mass is 79.9. The fraction of sp³-hybridized carbons (Fsp3) is 0.0909. The number of sulfonamides is 1. The second-order valence-corrected chi connectivity index (χ2v) is 6.57. The van der Waals surface area contributed by atoms with Crippen LogP contribution in [0.15, 0.2) is 39.8 Å². The molecule has 5 N–H and O–H groups in total. The van der Waals surface area contributed by atoms with Crippen molar-refractivity contribution in [1.29, 1.82) is 0 Å². The van der Waals surface area contributed by atoms with Crippen LogP contribution >= 0.6 is 15.9 Å². The van der Waals surface area contributed by atoms with Gasteiger partial charge in [0.05, 0.1) is 10.2 Å². The molecule has 0 amide bonds. The zero-order chi connectivity index (χ0) is 15.5. The van der Waals surface area contributed by atoms with Gasteiger partial charge in [-0.05, 0) is 35.1 Å². The molecule has 0 saturated heterocycles. The molecule has 10 heteroatoms. The minimum Gasteiger partial charge on any atom is -0.338 e. The fourth-order valence-corrected chi connectivity index (χ4v) is 2.74. The molecular weight excluding hydrogens is 360 g/mol. The topological polar surface area (TPSA) is 122 Å². The Morgan fingerprint density at radius 3 is 2.67 bits per heavy atom. The summed E-state index contributed by atoms with van der Waals surface area (Å²) in [6.07, 6.45) is 1.50. The third-order valence-corrected chi connectivity index (χ3v) is 4.62. The molecule has 1 aromatic heterocycles. The van der Waals surface area contributed by atoms with Gasteiger partial charge in [0.2, 0.25) is 16.0 Å². The number of para-hydroxylation sites is 1. The summed E-state index contributed by atoms with van der Waals surface area (Å²) in [5.74, 6) is 5.85. The van der Waals surface area contributed by atoms with Crippen LogP contribution in [0, 0.1) is 0 Å². The Labute approximate surface area is 130 Å². The van der Waals surface area contributed by atoms with Crippen LogP contribution in [0.2, 0.25) is 0 Å². The van der Waals surface area contributed by atoms with Gasteiger partial charge in [-0.2, -0.15) is 4.98 Å². The summed E-state index contributed by atoms with van der Waals surface area (Å²) in [4.78, 5) is 8.15. The molecule has 21 heavy (non-hydrogen) atoms. The predicted molar refractivity (Wildman–Crippen MR) is 83.5 cm³/mol. The Morgan fingerprint density at radius 2 is 2.00 bits per heavy atom. The van der Waals surface area contributed by atoms with Crippen LogP contribution in [-0.2, 0) is 10.0 Å². The number of hydrogen-bond donors (Lipinski definition) is 4. The van der Waals surface area contributed by atoms with E-state index in [-0.39, 0.29) is 10.8 Å². The summed E-state index contributed by atoms with van der Waals surface area (Å²) >= 11 is 3.29. The number of anilines is 3. The maximum absolute atomic E-state index is 12.0. The Kier molecular flexibility index (Phi) is 4.73. The van der Waals surface area contributed by atoms with Crippen molar-refractivity contribution in [2.24, 2.45) is 5.84 Å². The van der Waals surface area contributed by atoms with E-state index in [4.69, 9.17) is 5.84 Å². The molecule has 8 nitrogen and oxygen atoms in total. The second-order valence-electron chi connectivity index (χ2n) is 3.86. The number of aromatic nitrogens is 2. The Bertz CT molecular complexity index is 752. The summed E-state index contributed by atoms with van der Waals surface area (Å²) in [5, 5.41) is 2.94. The SMILES string of the molecule is CNS(=O)(=O)c1ccccc1Nc1nc(NN)ncc1Br. The van der Waals surface area contributed by atoms with E-state index in [9.17, 15) is 8.42 Å². The number of rotatable bonds is 5. The molecule has 0 spiro atoms. The normalized spacial score (nSPS) is 11.2. The van der Waals surface area contributed by atoms with E-state index in [1.54, 1.807) is 18.2 Å². The first-order valence-corrected chi connectivity index (χ1v) is 8.04. The Hall–Kier alpha value is -1.75. The first kappa shape index (κ1) is 15.6. The second kappa shape index (κ2) is 6.35. The lowest BCUT2D eigenvalue weighted by molar-refractivity contribution is 0.588. The van der Waals surface area contributed by atoms with Gasteiger partial charge in [-0.1, -0.05) is 12.1 Å². The molecule has 0 saturated carbocycles. The number of hydrogen-bond acceptors (Lipinski definition) is 7. The third-order valence-electron chi connectivity index (χ3n) is 2.57. The number of nitrogens with one attached hydrogen (secondary N) is 3. The van der Waals surface area contributed by atoms with Crippen LogP contribution in [0.5, 0.6) is 0 Å². The molecule has 0 aliphatic carbocycles. The maximum Gasteiger partial charge on any atom is 0.242 e. The van der Waals surface area contributed by atoms with Gasteiger partial charge < -0.3 is 5.32 Å². The Balaban J connectivity index is 2.46. The molecule has 112 valence electrons. The number of nitrogens with zero attached hydrogens (tertiary/aromatic N) is 2. The fourth-order valence-electron chi connectivity index (χ4n) is 1.57. The first-order valence-electron chi connectivity index (χ1n) is 5.76. The average Bonchev–Trinajstić information content (AvgIpc) is 2.50. The molecule has 0 radical (unpaired) electrons. The van der Waals surface area contributed by atoms with Crippen LogP contribution in [0.4, 0.5) is 17.5 Å². The van der Waals surface area contributed by atoms with Crippen molar-refractivity contribution in [3.8, 4) is 0 Å². The maximum atomic E-state index is 12.0. The number of benzene rings is 1. The van der Waals surface area contributed by atoms with Crippen molar-refractivity contribution in [1.82, 2.24) is 14.7 Å². The van der Waals surface area contributed by atoms with Gasteiger partial charge in [-0.25, -0.2) is 24.0 Å². The third kappa shape index (κ3) is 3.47. The summed E-state index contributed by atoms with van der Waals surface area (Å²) in [7, 11) is -2.24. The molecule has 0 fully saturated rings. The predicted octanol–water partition coefficient (Wildman–Crippen LogP) is 1.18. The lowest BCUT2D eigenvalue weighted by Crippen LogP contribution is -2.20. The highest BCUT2D eigenvalue weighted by Crippen LogP contribution is 2.28. The molecule has 1 aromatic carbocycles. The molecule has 0 aliphatic heterocycles. The van der Waals surface area contributed by atoms with Crippen LogP contribution in [0.25, 0.3) is 0 Å². The van der Waals surface area contributed by atoms with Gasteiger partial charge >= 0.3 is 0 Å². The smallest absolute Gasteiger partial charge is 0.242 e. The highest BCUT2D eigenvalue weighted by molar-refractivity contribution is 9.10. The van der Waals surface area contributed by atoms with Crippen molar-refractivity contribution >= 4 is 43.4 Å². The van der Waals surface area contributed by atoms with Crippen LogP contribution in [0.1, 0.15) is 0 Å². The van der Waals surface area contributed by atoms with Crippen LogP contribution in [-0.4, -0.2) is 25.4 Å². The number of nitrogen functional groups attached to an aromatic ring is 1. The largest absolute Gasteiger partial charge is 0.338 e. The van der Waals surface area contributed by atoms with E-state index in [1.807, 2.05) is 0 Å². The van der Waals surface area contributed by atoms with E-state index in [0.717, 1.165) is 0 Å². The van der Waals surface area contributed by atoms with E-state index in [2.05, 4.69) is 41.4 Å². The summed E-state index contributed by atoms with van der Waals surface area (Å²) in [6.45, 7) is 0. The number of halogens is 1. The molecule has 0 atom stereocenters. The van der Waals surface area contributed by atoms with Gasteiger partial charge in [-0.15, -0.1) is 0 Å². The van der Waals surface area contributed by atoms with E-state index in [0.29, 0.717) is 16.0 Å². The van der Waals surface area contributed by atoms with Crippen molar-refractivity contribution in [3.05, 3.63) is 34.9 Å². The number of hydrazine groups is 1. The van der Waals surface area contributed by atoms with Gasteiger partial charge in [0.25, 0.3) is 0 Å². The van der Waals surface area contributed by atoms with Crippen molar-refractivity contribution < 1.29 is 8.42 Å². The Morgan fingerprint density at radius 1 is 1.29 bits per heavy atom. The molecule has 2 rings (SSSR count). The zero-order valence-electron chi connectivity index (χ0n) is 11.0. The standard InChI is InChI=1S/C11H13BrN6O2S/c1-14-21(19,20)9-5-3-2-4-8(9)16-10-7(12)6-15-11(17-10)18-13/h2-6,14H,13H2,1H3,(H2,15,16,17,18). The van der Waals surface area contributed by atoms with Crippen molar-refractivity contribution in [3.63, 3.8) is 0 Å². The average molecular weight is 373 g/mol. The zero-order valence-corrected chi connectivity index (χ0v) is 13.4. The van der Waals surface area contributed by atoms with Crippen molar-refractivity contribution in [2.45, 2.75) is 4.90 Å². The van der Waals surface area contributed by atoms with Gasteiger partial charge in [0.1, 0.15) is 10.7 Å². The van der Waals surface area contributed by atoms with E-state index in [1.165, 1.54) is 19.3 Å². The lowest BCUT2D eigenvalue weighted by Gasteiger charge is -2.12. The molecule has 0 unspecified atom stereocenters. The minimum atomic E-state index is -3.59. The van der Waals surface area contributed by atoms with Gasteiger partial charge in [0, 0.05) is 6.20 Å².